The largest absolute Gasteiger partial charge is 0.509 e. The number of fused-ring (bicyclic) bond motifs is 8. The molecule has 69 heavy (non-hydrogen) atoms. The quantitative estimate of drug-likeness (QED) is 0.156. The van der Waals surface area contributed by atoms with Gasteiger partial charge in [0.25, 0.3) is 0 Å². The Labute approximate surface area is 407 Å². The van der Waals surface area contributed by atoms with Crippen LogP contribution in [-0.2, 0) is 10.8 Å². The molecule has 0 fully saturated rings. The van der Waals surface area contributed by atoms with Gasteiger partial charge in [-0.05, 0) is 115 Å². The molecule has 1 aliphatic heterocycles. The summed E-state index contributed by atoms with van der Waals surface area (Å²) < 4.78 is 6.57. The Hall–Kier alpha value is -8.12. The summed E-state index contributed by atoms with van der Waals surface area (Å²) >= 11 is 1.82. The second kappa shape index (κ2) is 15.7. The van der Waals surface area contributed by atoms with Crippen molar-refractivity contribution in [3.63, 3.8) is 0 Å². The van der Waals surface area contributed by atoms with Gasteiger partial charge < -0.3 is 19.5 Å². The minimum absolute atomic E-state index is 0.0497. The predicted octanol–water partition coefficient (Wildman–Crippen LogP) is 12.2. The van der Waals surface area contributed by atoms with Crippen LogP contribution in [0.4, 0.5) is 17.1 Å². The van der Waals surface area contributed by atoms with Gasteiger partial charge in [0.05, 0.1) is 10.8 Å². The molecule has 2 aliphatic rings. The molecule has 11 aromatic rings. The third kappa shape index (κ3) is 5.87. The zero-order valence-electron chi connectivity index (χ0n) is 38.0. The normalized spacial score (nSPS) is 13.9. The van der Waals surface area contributed by atoms with E-state index in [0.29, 0.717) is 27.5 Å². The maximum atomic E-state index is 11.3. The molecule has 13 rings (SSSR count). The van der Waals surface area contributed by atoms with E-state index < -0.39 is 10.8 Å². The lowest BCUT2D eigenvalue weighted by Gasteiger charge is -2.42. The number of nitrogens with zero attached hydrogens (tertiary/aromatic N) is 1. The molecular weight excluding hydrogens is 860 g/mol. The number of hydrogen-bond acceptors (Lipinski definition) is 5. The molecule has 0 bridgehead atoms. The molecule has 4 nitrogen and oxygen atoms in total. The van der Waals surface area contributed by atoms with E-state index in [1.807, 2.05) is 19.6 Å². The molecular formula is C62H43B2NO3S. The summed E-state index contributed by atoms with van der Waals surface area (Å²) in [7, 11) is 3.59. The Bertz CT molecular complexity index is 3730. The van der Waals surface area contributed by atoms with Crippen LogP contribution in [0.25, 0.3) is 33.1 Å². The fraction of sp³-hybridized carbons (Fsp3) is 0.0323. The first-order chi connectivity index (χ1) is 33.9. The first-order valence-electron chi connectivity index (χ1n) is 23.4. The van der Waals surface area contributed by atoms with Gasteiger partial charge in [-0.2, -0.15) is 0 Å². The second-order valence-electron chi connectivity index (χ2n) is 18.3. The standard InChI is InChI=1S/C62H43B2NO3S/c63-56-55-47-34-32-44(37-52(47)68-60(55)59(67)57(64)58(56)66)65(42-30-28-41(29-31-42)61(38-16-4-1-5-17-38)48-24-12-10-22-45(48)46-23-11-13-25-49(46)61)43-33-35-54-51(36-43)62(39-18-6-2-7-19-39,40-20-8-3-9-21-40)50-26-14-15-27-53(50)69-54/h1-37,66-67H,63-64H2. The minimum Gasteiger partial charge on any atom is -0.509 e. The van der Waals surface area contributed by atoms with Gasteiger partial charge in [0.15, 0.2) is 11.3 Å². The molecule has 326 valence electrons. The van der Waals surface area contributed by atoms with E-state index in [2.05, 4.69) is 229 Å². The van der Waals surface area contributed by atoms with Crippen LogP contribution in [-0.4, -0.2) is 25.9 Å². The first-order valence-corrected chi connectivity index (χ1v) is 24.3. The number of anilines is 3. The van der Waals surface area contributed by atoms with Crippen LogP contribution in [0, 0.1) is 0 Å². The average molecular weight is 904 g/mol. The summed E-state index contributed by atoms with van der Waals surface area (Å²) in [5, 5.41) is 23.9. The van der Waals surface area contributed by atoms with Crippen LogP contribution in [0.3, 0.4) is 0 Å². The Kier molecular flexibility index (Phi) is 9.37. The number of aromatic hydroxyl groups is 2. The SMILES string of the molecule is Bc1c(O)c(B)c2c(oc3cc(N(c4ccc(C5(c6ccccc6)c6ccccc6-c6ccccc65)cc4)c4ccc5c(c4)C(c4ccccc4)(c4ccccc4)c4ccccc4S5)ccc32)c1O. The Morgan fingerprint density at radius 1 is 0.406 bits per heavy atom. The minimum atomic E-state index is -0.631. The number of phenolic OH excluding ortho intramolecular Hbond substituents is 2. The molecule has 2 heterocycles. The van der Waals surface area contributed by atoms with Gasteiger partial charge in [0.2, 0.25) is 0 Å². The van der Waals surface area contributed by atoms with Crippen molar-refractivity contribution in [2.75, 3.05) is 4.90 Å². The third-order valence-electron chi connectivity index (χ3n) is 14.9. The lowest BCUT2D eigenvalue weighted by Crippen LogP contribution is -2.34. The van der Waals surface area contributed by atoms with E-state index in [0.717, 1.165) is 22.4 Å². The number of phenols is 2. The van der Waals surface area contributed by atoms with Crippen molar-refractivity contribution in [3.8, 4) is 22.6 Å². The second-order valence-corrected chi connectivity index (χ2v) is 19.4. The van der Waals surface area contributed by atoms with Gasteiger partial charge in [0, 0.05) is 43.7 Å². The lowest BCUT2D eigenvalue weighted by molar-refractivity contribution is 0.458. The van der Waals surface area contributed by atoms with E-state index in [1.54, 1.807) is 7.85 Å². The maximum Gasteiger partial charge on any atom is 0.176 e. The van der Waals surface area contributed by atoms with Crippen LogP contribution < -0.4 is 15.8 Å². The zero-order valence-corrected chi connectivity index (χ0v) is 38.8. The van der Waals surface area contributed by atoms with Crippen molar-refractivity contribution in [2.45, 2.75) is 20.6 Å². The van der Waals surface area contributed by atoms with Gasteiger partial charge in [-0.1, -0.05) is 182 Å². The molecule has 10 aromatic carbocycles. The van der Waals surface area contributed by atoms with Crippen molar-refractivity contribution in [2.24, 2.45) is 0 Å². The van der Waals surface area contributed by atoms with Crippen molar-refractivity contribution in [1.82, 2.24) is 0 Å². The van der Waals surface area contributed by atoms with Crippen LogP contribution in [0.2, 0.25) is 0 Å². The first kappa shape index (κ1) is 41.1. The molecule has 7 heteroatoms. The summed E-state index contributed by atoms with van der Waals surface area (Å²) in [4.78, 5) is 4.75. The summed E-state index contributed by atoms with van der Waals surface area (Å²) in [6.45, 7) is 0. The molecule has 0 spiro atoms. The van der Waals surface area contributed by atoms with E-state index in [9.17, 15) is 10.2 Å². The van der Waals surface area contributed by atoms with Crippen molar-refractivity contribution >= 4 is 77.4 Å². The summed E-state index contributed by atoms with van der Waals surface area (Å²) in [5.74, 6) is 0.0226. The maximum absolute atomic E-state index is 11.3. The Morgan fingerprint density at radius 2 is 0.870 bits per heavy atom. The number of hydrogen-bond donors (Lipinski definition) is 2. The molecule has 0 saturated heterocycles. The van der Waals surface area contributed by atoms with Crippen LogP contribution in [0.1, 0.15) is 44.5 Å². The van der Waals surface area contributed by atoms with E-state index in [4.69, 9.17) is 4.42 Å². The topological polar surface area (TPSA) is 56.8 Å². The molecule has 2 N–H and O–H groups in total. The molecule has 1 aliphatic carbocycles. The highest BCUT2D eigenvalue weighted by Crippen LogP contribution is 2.58. The molecule has 0 radical (unpaired) electrons. The smallest absolute Gasteiger partial charge is 0.176 e. The van der Waals surface area contributed by atoms with Crippen LogP contribution >= 0.6 is 11.8 Å². The third-order valence-corrected chi connectivity index (χ3v) is 16.0. The Balaban J connectivity index is 1.06. The van der Waals surface area contributed by atoms with E-state index in [-0.39, 0.29) is 11.5 Å². The summed E-state index contributed by atoms with van der Waals surface area (Å²) in [5.41, 5.74) is 16.0. The molecule has 0 atom stereocenters. The van der Waals surface area contributed by atoms with E-state index >= 15 is 0 Å². The summed E-state index contributed by atoms with van der Waals surface area (Å²) in [6.07, 6.45) is 0. The average Bonchev–Trinajstić information content (AvgIpc) is 3.94. The van der Waals surface area contributed by atoms with Gasteiger partial charge in [-0.25, -0.2) is 0 Å². The number of benzene rings is 10. The molecule has 1 aromatic heterocycles. The zero-order chi connectivity index (χ0) is 46.4. The van der Waals surface area contributed by atoms with Crippen LogP contribution in [0.15, 0.2) is 239 Å². The fourth-order valence-corrected chi connectivity index (χ4v) is 13.0. The highest BCUT2D eigenvalue weighted by atomic mass is 32.2. The highest BCUT2D eigenvalue weighted by molar-refractivity contribution is 7.99. The van der Waals surface area contributed by atoms with Gasteiger partial charge in [0.1, 0.15) is 27.0 Å². The molecule has 0 unspecified atom stereocenters. The van der Waals surface area contributed by atoms with Gasteiger partial charge in [-0.15, -0.1) is 0 Å². The van der Waals surface area contributed by atoms with Crippen molar-refractivity contribution in [1.29, 1.82) is 0 Å². The molecule has 0 amide bonds. The number of rotatable bonds is 7. The van der Waals surface area contributed by atoms with E-state index in [1.165, 1.54) is 65.4 Å². The monoisotopic (exact) mass is 903 g/mol. The van der Waals surface area contributed by atoms with Gasteiger partial charge >= 0.3 is 0 Å². The highest BCUT2D eigenvalue weighted by Gasteiger charge is 2.47. The van der Waals surface area contributed by atoms with Crippen molar-refractivity contribution in [3.05, 3.63) is 269 Å². The number of furan rings is 1. The summed E-state index contributed by atoms with van der Waals surface area (Å²) in [6, 6.07) is 81.6. The van der Waals surface area contributed by atoms with Crippen molar-refractivity contribution < 1.29 is 14.6 Å². The van der Waals surface area contributed by atoms with Gasteiger partial charge in [-0.3, -0.25) is 0 Å². The van der Waals surface area contributed by atoms with Crippen LogP contribution in [0.5, 0.6) is 11.5 Å². The molecule has 0 saturated carbocycles. The fourth-order valence-electron chi connectivity index (χ4n) is 11.8. The predicted molar refractivity (Wildman–Crippen MR) is 288 cm³/mol. The Morgan fingerprint density at radius 3 is 1.48 bits per heavy atom. The lowest BCUT2D eigenvalue weighted by atomic mass is 9.64.